The number of nitrogen functional groups attached to an aromatic ring is 1. The highest BCUT2D eigenvalue weighted by molar-refractivity contribution is 5.54. The highest BCUT2D eigenvalue weighted by Crippen LogP contribution is 2.26. The summed E-state index contributed by atoms with van der Waals surface area (Å²) in [5, 5.41) is 0. The maximum atomic E-state index is 5.77. The Hall–Kier alpha value is -2.67. The summed E-state index contributed by atoms with van der Waals surface area (Å²) < 4.78 is 7.55. The normalized spacial score (nSPS) is 10.6. The van der Waals surface area contributed by atoms with E-state index >= 15 is 0 Å². The van der Waals surface area contributed by atoms with Crippen LogP contribution >= 0.6 is 0 Å². The number of aryl methyl sites for hydroxylation is 1. The zero-order valence-corrected chi connectivity index (χ0v) is 10.2. The van der Waals surface area contributed by atoms with Crippen molar-refractivity contribution in [1.29, 1.82) is 0 Å². The molecule has 3 rings (SSSR count). The molecule has 3 heterocycles. The van der Waals surface area contributed by atoms with Crippen LogP contribution in [0.3, 0.4) is 0 Å². The van der Waals surface area contributed by atoms with Gasteiger partial charge in [0.15, 0.2) is 11.6 Å². The number of imidazole rings is 1. The maximum Gasteiger partial charge on any atom is 0.265 e. The quantitative estimate of drug-likeness (QED) is 0.545. The fourth-order valence-corrected chi connectivity index (χ4v) is 1.72. The fraction of sp³-hybridized carbons (Fsp3) is 0.0833. The summed E-state index contributed by atoms with van der Waals surface area (Å²) in [6.07, 6.45) is 6.89. The predicted molar refractivity (Wildman–Crippen MR) is 69.8 cm³/mol. The first-order chi connectivity index (χ1) is 9.28. The number of ether oxygens (including phenoxy) is 1. The molecular formula is C12H12N6O. The van der Waals surface area contributed by atoms with Gasteiger partial charge in [-0.3, -0.25) is 9.38 Å². The van der Waals surface area contributed by atoms with E-state index in [0.29, 0.717) is 23.1 Å². The monoisotopic (exact) mass is 256 g/mol. The molecule has 0 saturated carbocycles. The lowest BCUT2D eigenvalue weighted by atomic mass is 10.3. The largest absolute Gasteiger partial charge is 0.434 e. The van der Waals surface area contributed by atoms with Gasteiger partial charge in [0.2, 0.25) is 5.65 Å². The van der Waals surface area contributed by atoms with E-state index in [2.05, 4.69) is 20.4 Å². The van der Waals surface area contributed by atoms with E-state index in [1.54, 1.807) is 35.3 Å². The molecule has 0 bridgehead atoms. The molecular weight excluding hydrogens is 244 g/mol. The molecule has 0 aliphatic carbocycles. The Labute approximate surface area is 109 Å². The molecule has 96 valence electrons. The fourth-order valence-electron chi connectivity index (χ4n) is 1.72. The van der Waals surface area contributed by atoms with Crippen LogP contribution in [0.15, 0.2) is 36.9 Å². The van der Waals surface area contributed by atoms with Crippen LogP contribution in [0, 0.1) is 6.92 Å². The summed E-state index contributed by atoms with van der Waals surface area (Å²) in [6.45, 7) is 1.86. The highest BCUT2D eigenvalue weighted by atomic mass is 16.5. The molecule has 0 fully saturated rings. The third-order valence-electron chi connectivity index (χ3n) is 2.66. The van der Waals surface area contributed by atoms with Crippen LogP contribution in [-0.4, -0.2) is 19.4 Å². The van der Waals surface area contributed by atoms with Crippen molar-refractivity contribution >= 4 is 11.5 Å². The second kappa shape index (κ2) is 4.54. The second-order valence-electron chi connectivity index (χ2n) is 3.92. The van der Waals surface area contributed by atoms with Gasteiger partial charge in [-0.2, -0.15) is 4.98 Å². The third-order valence-corrected chi connectivity index (χ3v) is 2.66. The van der Waals surface area contributed by atoms with E-state index in [-0.39, 0.29) is 0 Å². The molecule has 3 aromatic rings. The topological polar surface area (TPSA) is 90.4 Å². The van der Waals surface area contributed by atoms with E-state index < -0.39 is 0 Å². The number of anilines is 1. The van der Waals surface area contributed by atoms with E-state index in [1.165, 1.54) is 0 Å². The number of hydrogen-bond donors (Lipinski definition) is 2. The lowest BCUT2D eigenvalue weighted by Crippen LogP contribution is -2.10. The van der Waals surface area contributed by atoms with Crippen LogP contribution in [0.25, 0.3) is 5.65 Å². The van der Waals surface area contributed by atoms with Gasteiger partial charge in [0.1, 0.15) is 0 Å². The molecule has 0 unspecified atom stereocenters. The van der Waals surface area contributed by atoms with Crippen molar-refractivity contribution in [1.82, 2.24) is 19.4 Å². The van der Waals surface area contributed by atoms with Gasteiger partial charge >= 0.3 is 0 Å². The average molecular weight is 256 g/mol. The van der Waals surface area contributed by atoms with Gasteiger partial charge in [0, 0.05) is 18.6 Å². The minimum atomic E-state index is 0.372. The van der Waals surface area contributed by atoms with Crippen LogP contribution in [0.5, 0.6) is 11.6 Å². The van der Waals surface area contributed by atoms with Crippen LogP contribution in [-0.2, 0) is 0 Å². The third kappa shape index (κ3) is 2.06. The minimum Gasteiger partial charge on any atom is -0.434 e. The van der Waals surface area contributed by atoms with Gasteiger partial charge < -0.3 is 10.2 Å². The van der Waals surface area contributed by atoms with Gasteiger partial charge in [0.05, 0.1) is 11.9 Å². The SMILES string of the molecule is Cc1ncccc1Oc1nc(NN)cn2ccnc12. The highest BCUT2D eigenvalue weighted by Gasteiger charge is 2.10. The van der Waals surface area contributed by atoms with Crippen molar-refractivity contribution in [2.45, 2.75) is 6.92 Å². The molecule has 7 nitrogen and oxygen atoms in total. The zero-order valence-electron chi connectivity index (χ0n) is 10.2. The zero-order chi connectivity index (χ0) is 13.2. The van der Waals surface area contributed by atoms with E-state index in [1.807, 2.05) is 13.0 Å². The molecule has 0 amide bonds. The van der Waals surface area contributed by atoms with Crippen molar-refractivity contribution in [3.63, 3.8) is 0 Å². The predicted octanol–water partition coefficient (Wildman–Crippen LogP) is 1.51. The summed E-state index contributed by atoms with van der Waals surface area (Å²) in [4.78, 5) is 12.6. The maximum absolute atomic E-state index is 5.77. The smallest absolute Gasteiger partial charge is 0.265 e. The number of aromatic nitrogens is 4. The van der Waals surface area contributed by atoms with Gasteiger partial charge in [-0.05, 0) is 19.1 Å². The Morgan fingerprint density at radius 2 is 2.21 bits per heavy atom. The first kappa shape index (κ1) is 11.4. The van der Waals surface area contributed by atoms with Crippen molar-refractivity contribution in [3.8, 4) is 11.6 Å². The number of hydrogen-bond acceptors (Lipinski definition) is 6. The number of nitrogens with zero attached hydrogens (tertiary/aromatic N) is 4. The van der Waals surface area contributed by atoms with Crippen LogP contribution in [0.2, 0.25) is 0 Å². The Kier molecular flexibility index (Phi) is 2.73. The Morgan fingerprint density at radius 3 is 3.00 bits per heavy atom. The average Bonchev–Trinajstić information content (AvgIpc) is 2.89. The van der Waals surface area contributed by atoms with Gasteiger partial charge in [0.25, 0.3) is 5.88 Å². The molecule has 3 N–H and O–H groups in total. The van der Waals surface area contributed by atoms with Gasteiger partial charge in [-0.15, -0.1) is 0 Å². The van der Waals surface area contributed by atoms with Crippen molar-refractivity contribution in [2.75, 3.05) is 5.43 Å². The molecule has 0 aromatic carbocycles. The summed E-state index contributed by atoms with van der Waals surface area (Å²) in [6, 6.07) is 3.63. The van der Waals surface area contributed by atoms with E-state index in [4.69, 9.17) is 10.6 Å². The van der Waals surface area contributed by atoms with Crippen LogP contribution in [0.4, 0.5) is 5.82 Å². The lowest BCUT2D eigenvalue weighted by Gasteiger charge is -2.09. The van der Waals surface area contributed by atoms with E-state index in [9.17, 15) is 0 Å². The Bertz CT molecular complexity index is 723. The molecule has 7 heteroatoms. The first-order valence-electron chi connectivity index (χ1n) is 5.68. The molecule has 0 saturated heterocycles. The number of fused-ring (bicyclic) bond motifs is 1. The number of rotatable bonds is 3. The summed E-state index contributed by atoms with van der Waals surface area (Å²) in [7, 11) is 0. The summed E-state index contributed by atoms with van der Waals surface area (Å²) in [5.41, 5.74) is 3.89. The molecule has 0 spiro atoms. The van der Waals surface area contributed by atoms with Crippen molar-refractivity contribution < 1.29 is 4.74 Å². The lowest BCUT2D eigenvalue weighted by molar-refractivity contribution is 0.459. The molecule has 0 aliphatic heterocycles. The van der Waals surface area contributed by atoms with Crippen molar-refractivity contribution in [3.05, 3.63) is 42.6 Å². The number of pyridine rings is 1. The number of nitrogens with two attached hydrogens (primary N) is 1. The number of nitrogens with one attached hydrogen (secondary N) is 1. The molecule has 0 radical (unpaired) electrons. The standard InChI is InChI=1S/C12H12N6O/c1-8-9(3-2-4-14-8)19-12-11-15-5-6-18(11)7-10(16-12)17-13/h2-7,17H,13H2,1H3. The van der Waals surface area contributed by atoms with Gasteiger partial charge in [-0.25, -0.2) is 10.8 Å². The second-order valence-corrected chi connectivity index (χ2v) is 3.92. The molecule has 0 atom stereocenters. The van der Waals surface area contributed by atoms with Crippen molar-refractivity contribution in [2.24, 2.45) is 5.84 Å². The molecule has 19 heavy (non-hydrogen) atoms. The van der Waals surface area contributed by atoms with E-state index in [0.717, 1.165) is 5.69 Å². The van der Waals surface area contributed by atoms with Crippen LogP contribution in [0.1, 0.15) is 5.69 Å². The molecule has 3 aromatic heterocycles. The Morgan fingerprint density at radius 1 is 1.32 bits per heavy atom. The Balaban J connectivity index is 2.09. The molecule has 0 aliphatic rings. The minimum absolute atomic E-state index is 0.372. The first-order valence-corrected chi connectivity index (χ1v) is 5.68. The van der Waals surface area contributed by atoms with Crippen LogP contribution < -0.4 is 16.0 Å². The summed E-state index contributed by atoms with van der Waals surface area (Å²) in [5.74, 6) is 6.88. The summed E-state index contributed by atoms with van der Waals surface area (Å²) >= 11 is 0. The van der Waals surface area contributed by atoms with Gasteiger partial charge in [-0.1, -0.05) is 0 Å². The number of hydrazine groups is 1.